The molecule has 264 valence electrons. The molecule has 50 heavy (non-hydrogen) atoms. The summed E-state index contributed by atoms with van der Waals surface area (Å²) in [4.78, 5) is 28.9. The number of hydrogen-bond donors (Lipinski definition) is 2. The molecule has 5 rings (SSSR count). The lowest BCUT2D eigenvalue weighted by atomic mass is 9.69. The first-order chi connectivity index (χ1) is 23.7. The van der Waals surface area contributed by atoms with Gasteiger partial charge in [0.15, 0.2) is 0 Å². The minimum absolute atomic E-state index is 0.0122. The zero-order valence-electron chi connectivity index (χ0n) is 29.5. The van der Waals surface area contributed by atoms with E-state index in [4.69, 9.17) is 16.0 Å². The number of nitrogens with one attached hydrogen (secondary N) is 2. The summed E-state index contributed by atoms with van der Waals surface area (Å²) in [5, 5.41) is 6.97. The lowest BCUT2D eigenvalue weighted by molar-refractivity contribution is -0.128. The number of hydrogen-bond acceptors (Lipinski definition) is 4. The summed E-state index contributed by atoms with van der Waals surface area (Å²) in [6.45, 7) is 11.0. The standard InChI is InChI=1S/C40H46ClF2N3O3Si/c1-27(2)31-19-13-14-20-33(31)40(38(48)45-36-22-35(43)34(41)21-32(36)37(47)44-6)25-46(26-40)23-28(42)24-49-50(39(3,4)5,29-15-9-7-10-16-29)30-17-11-8-12-18-30/h7-22,27-28H,23-26H2,1-6H3,(H,44,47)(H,45,48). The third-order valence-corrected chi connectivity index (χ3v) is 14.9. The molecular formula is C40H46ClF2N3O3Si. The molecule has 1 atom stereocenters. The molecule has 1 fully saturated rings. The molecule has 2 N–H and O–H groups in total. The van der Waals surface area contributed by atoms with Gasteiger partial charge in [-0.25, -0.2) is 8.78 Å². The molecule has 0 aromatic heterocycles. The first-order valence-electron chi connectivity index (χ1n) is 17.0. The van der Waals surface area contributed by atoms with Crippen LogP contribution >= 0.6 is 11.6 Å². The maximum atomic E-state index is 16.2. The van der Waals surface area contributed by atoms with E-state index in [-0.39, 0.29) is 53.5 Å². The van der Waals surface area contributed by atoms with Crippen molar-refractivity contribution in [3.05, 3.63) is 125 Å². The molecule has 1 aliphatic heterocycles. The predicted molar refractivity (Wildman–Crippen MR) is 201 cm³/mol. The topological polar surface area (TPSA) is 70.7 Å². The number of rotatable bonds is 12. The smallest absolute Gasteiger partial charge is 0.261 e. The molecule has 1 unspecified atom stereocenters. The number of carbonyl (C=O) groups is 2. The predicted octanol–water partition coefficient (Wildman–Crippen LogP) is 7.07. The van der Waals surface area contributed by atoms with Crippen molar-refractivity contribution in [3.8, 4) is 0 Å². The van der Waals surface area contributed by atoms with Gasteiger partial charge in [-0.3, -0.25) is 14.5 Å². The number of carbonyl (C=O) groups excluding carboxylic acids is 2. The first-order valence-corrected chi connectivity index (χ1v) is 19.3. The second-order valence-electron chi connectivity index (χ2n) is 14.4. The average molecular weight is 718 g/mol. The highest BCUT2D eigenvalue weighted by Crippen LogP contribution is 2.41. The van der Waals surface area contributed by atoms with Crippen molar-refractivity contribution in [2.45, 2.75) is 57.2 Å². The van der Waals surface area contributed by atoms with E-state index in [1.807, 2.05) is 65.6 Å². The van der Waals surface area contributed by atoms with E-state index in [1.54, 1.807) is 0 Å². The van der Waals surface area contributed by atoms with Gasteiger partial charge >= 0.3 is 0 Å². The average Bonchev–Trinajstić information content (AvgIpc) is 3.08. The summed E-state index contributed by atoms with van der Waals surface area (Å²) >= 11 is 6.00. The second-order valence-corrected chi connectivity index (χ2v) is 19.1. The van der Waals surface area contributed by atoms with Crippen molar-refractivity contribution in [2.75, 3.05) is 38.6 Å². The normalized spacial score (nSPS) is 15.3. The highest BCUT2D eigenvalue weighted by molar-refractivity contribution is 6.99. The van der Waals surface area contributed by atoms with Crippen molar-refractivity contribution < 1.29 is 22.8 Å². The molecule has 6 nitrogen and oxygen atoms in total. The number of nitrogens with zero attached hydrogens (tertiary/aromatic N) is 1. The molecular weight excluding hydrogens is 672 g/mol. The molecule has 1 heterocycles. The Bertz CT molecular complexity index is 1770. The Hall–Kier alpha value is -3.89. The fourth-order valence-electron chi connectivity index (χ4n) is 7.24. The molecule has 1 aliphatic rings. The van der Waals surface area contributed by atoms with Crippen LogP contribution in [0.4, 0.5) is 14.5 Å². The van der Waals surface area contributed by atoms with Crippen LogP contribution in [0.3, 0.4) is 0 Å². The molecule has 4 aromatic rings. The lowest BCUT2D eigenvalue weighted by Crippen LogP contribution is -2.68. The third-order valence-electron chi connectivity index (χ3n) is 9.65. The van der Waals surface area contributed by atoms with Crippen LogP contribution in [0.2, 0.25) is 10.1 Å². The Morgan fingerprint density at radius 3 is 2.04 bits per heavy atom. The SMILES string of the molecule is CNC(=O)c1cc(Cl)c(F)cc1NC(=O)C1(c2ccccc2C(C)C)CN(CC(F)CO[Si](c2ccccc2)(c2ccccc2)C(C)(C)C)C1. The summed E-state index contributed by atoms with van der Waals surface area (Å²) in [5.41, 5.74) is 0.787. The van der Waals surface area contributed by atoms with Gasteiger partial charge in [0, 0.05) is 26.7 Å². The Kier molecular flexibility index (Phi) is 11.3. The van der Waals surface area contributed by atoms with Gasteiger partial charge in [0.05, 0.1) is 28.3 Å². The molecule has 0 spiro atoms. The van der Waals surface area contributed by atoms with Crippen LogP contribution in [0.1, 0.15) is 62.0 Å². The van der Waals surface area contributed by atoms with Gasteiger partial charge < -0.3 is 15.1 Å². The number of amides is 2. The number of anilines is 1. The van der Waals surface area contributed by atoms with Gasteiger partial charge in [0.2, 0.25) is 5.91 Å². The van der Waals surface area contributed by atoms with Crippen molar-refractivity contribution in [1.29, 1.82) is 0 Å². The number of benzene rings is 4. The van der Waals surface area contributed by atoms with Gasteiger partial charge in [-0.2, -0.15) is 0 Å². The minimum atomic E-state index is -2.94. The Balaban J connectivity index is 1.41. The van der Waals surface area contributed by atoms with Gasteiger partial charge in [-0.1, -0.05) is 131 Å². The van der Waals surface area contributed by atoms with Crippen LogP contribution < -0.4 is 21.0 Å². The summed E-state index contributed by atoms with van der Waals surface area (Å²) in [6.07, 6.45) is -1.33. The van der Waals surface area contributed by atoms with Crippen LogP contribution in [0.15, 0.2) is 97.1 Å². The minimum Gasteiger partial charge on any atom is -0.404 e. The highest BCUT2D eigenvalue weighted by Gasteiger charge is 2.53. The van der Waals surface area contributed by atoms with Crippen LogP contribution in [0, 0.1) is 5.82 Å². The monoisotopic (exact) mass is 717 g/mol. The maximum Gasteiger partial charge on any atom is 0.261 e. The van der Waals surface area contributed by atoms with E-state index >= 15 is 4.39 Å². The van der Waals surface area contributed by atoms with Crippen molar-refractivity contribution in [1.82, 2.24) is 10.2 Å². The third kappa shape index (κ3) is 7.28. The largest absolute Gasteiger partial charge is 0.404 e. The molecule has 4 aromatic carbocycles. The fraction of sp³-hybridized carbons (Fsp3) is 0.350. The van der Waals surface area contributed by atoms with Crippen LogP contribution in [0.5, 0.6) is 0 Å². The van der Waals surface area contributed by atoms with Crippen molar-refractivity contribution in [2.24, 2.45) is 0 Å². The molecule has 0 saturated carbocycles. The summed E-state index contributed by atoms with van der Waals surface area (Å²) in [7, 11) is -1.49. The summed E-state index contributed by atoms with van der Waals surface area (Å²) < 4.78 is 37.6. The quantitative estimate of drug-likeness (QED) is 0.154. The van der Waals surface area contributed by atoms with Crippen molar-refractivity contribution >= 4 is 47.8 Å². The Morgan fingerprint density at radius 1 is 0.940 bits per heavy atom. The second kappa shape index (κ2) is 15.1. The molecule has 2 amide bonds. The van der Waals surface area contributed by atoms with E-state index < -0.39 is 37.5 Å². The zero-order chi connectivity index (χ0) is 36.3. The molecule has 0 radical (unpaired) electrons. The molecule has 0 bridgehead atoms. The van der Waals surface area contributed by atoms with Gasteiger partial charge in [-0.05, 0) is 44.6 Å². The van der Waals surface area contributed by atoms with Gasteiger partial charge in [0.1, 0.15) is 12.0 Å². The number of likely N-dealkylation sites (tertiary alicyclic amines) is 1. The van der Waals surface area contributed by atoms with Crippen LogP contribution in [0.25, 0.3) is 0 Å². The van der Waals surface area contributed by atoms with Gasteiger partial charge in [-0.15, -0.1) is 0 Å². The zero-order valence-corrected chi connectivity index (χ0v) is 31.3. The molecule has 0 aliphatic carbocycles. The van der Waals surface area contributed by atoms with Crippen LogP contribution in [-0.4, -0.2) is 64.5 Å². The lowest BCUT2D eigenvalue weighted by Gasteiger charge is -2.50. The number of alkyl halides is 1. The van der Waals surface area contributed by atoms with E-state index in [0.29, 0.717) is 0 Å². The summed E-state index contributed by atoms with van der Waals surface area (Å²) in [5.74, 6) is -1.58. The maximum absolute atomic E-state index is 16.2. The Labute approximate surface area is 300 Å². The van der Waals surface area contributed by atoms with Crippen molar-refractivity contribution in [3.63, 3.8) is 0 Å². The van der Waals surface area contributed by atoms with E-state index in [9.17, 15) is 14.0 Å². The van der Waals surface area contributed by atoms with Crippen LogP contribution in [-0.2, 0) is 14.6 Å². The highest BCUT2D eigenvalue weighted by atomic mass is 35.5. The Morgan fingerprint density at radius 2 is 1.50 bits per heavy atom. The molecule has 10 heteroatoms. The van der Waals surface area contributed by atoms with E-state index in [2.05, 4.69) is 69.5 Å². The fourth-order valence-corrected chi connectivity index (χ4v) is 12.0. The molecule has 1 saturated heterocycles. The van der Waals surface area contributed by atoms with E-state index in [1.165, 1.54) is 13.1 Å². The van der Waals surface area contributed by atoms with Gasteiger partial charge in [0.25, 0.3) is 14.2 Å². The summed E-state index contributed by atoms with van der Waals surface area (Å²) in [6, 6.07) is 30.2. The first kappa shape index (κ1) is 37.4. The number of halogens is 3. The van der Waals surface area contributed by atoms with E-state index in [0.717, 1.165) is 27.6 Å².